The van der Waals surface area contributed by atoms with E-state index in [0.29, 0.717) is 11.1 Å². The van der Waals surface area contributed by atoms with Gasteiger partial charge in [0.05, 0.1) is 12.7 Å². The van der Waals surface area contributed by atoms with Gasteiger partial charge in [-0.25, -0.2) is 29.1 Å². The number of imidazole rings is 2. The first-order valence-corrected chi connectivity index (χ1v) is 8.30. The van der Waals surface area contributed by atoms with Crippen LogP contribution in [0.15, 0.2) is 36.9 Å². The van der Waals surface area contributed by atoms with Crippen molar-refractivity contribution in [1.82, 2.24) is 19.1 Å². The van der Waals surface area contributed by atoms with E-state index in [1.165, 1.54) is 9.13 Å². The van der Waals surface area contributed by atoms with E-state index in [1.54, 1.807) is 24.3 Å². The van der Waals surface area contributed by atoms with Gasteiger partial charge in [0.25, 0.3) is 0 Å². The Morgan fingerprint density at radius 2 is 0.967 bits per heavy atom. The Kier molecular flexibility index (Phi) is 5.31. The molecule has 12 heteroatoms. The maximum absolute atomic E-state index is 11.4. The fourth-order valence-corrected chi connectivity index (χ4v) is 2.91. The van der Waals surface area contributed by atoms with E-state index >= 15 is 0 Å². The Balaban J connectivity index is 1.82. The average Bonchev–Trinajstić information content (AvgIpc) is 3.27. The van der Waals surface area contributed by atoms with E-state index in [9.17, 15) is 29.4 Å². The number of carboxylic acids is 4. The highest BCUT2D eigenvalue weighted by molar-refractivity contribution is 5.99. The lowest BCUT2D eigenvalue weighted by molar-refractivity contribution is 0.0640. The summed E-state index contributed by atoms with van der Waals surface area (Å²) in [6, 6.07) is 6.60. The highest BCUT2D eigenvalue weighted by atomic mass is 16.4. The van der Waals surface area contributed by atoms with Crippen LogP contribution >= 0.6 is 0 Å². The molecule has 0 atom stereocenters. The molecule has 0 aliphatic rings. The molecule has 2 aromatic heterocycles. The van der Waals surface area contributed by atoms with Crippen LogP contribution in [-0.2, 0) is 13.1 Å². The maximum atomic E-state index is 11.4. The molecule has 0 aliphatic carbocycles. The van der Waals surface area contributed by atoms with Crippen molar-refractivity contribution in [2.24, 2.45) is 0 Å². The lowest BCUT2D eigenvalue weighted by atomic mass is 10.1. The average molecular weight is 414 g/mol. The molecule has 0 saturated heterocycles. The van der Waals surface area contributed by atoms with E-state index in [-0.39, 0.29) is 13.1 Å². The fraction of sp³-hybridized carbons (Fsp3) is 0.111. The highest BCUT2D eigenvalue weighted by Gasteiger charge is 2.24. The second-order valence-corrected chi connectivity index (χ2v) is 6.18. The zero-order valence-electron chi connectivity index (χ0n) is 15.1. The van der Waals surface area contributed by atoms with Gasteiger partial charge in [-0.2, -0.15) is 0 Å². The van der Waals surface area contributed by atoms with Gasteiger partial charge in [0.2, 0.25) is 0 Å². The molecule has 1 aromatic carbocycles. The molecule has 0 radical (unpaired) electrons. The Labute approximate surface area is 167 Å². The predicted octanol–water partition coefficient (Wildman–Crippen LogP) is 0.969. The van der Waals surface area contributed by atoms with Gasteiger partial charge in [-0.1, -0.05) is 24.3 Å². The number of hydrogen-bond acceptors (Lipinski definition) is 6. The number of aromatic carboxylic acids is 4. The van der Waals surface area contributed by atoms with Crippen LogP contribution in [0, 0.1) is 0 Å². The van der Waals surface area contributed by atoms with Crippen molar-refractivity contribution in [3.05, 3.63) is 70.8 Å². The quantitative estimate of drug-likeness (QED) is 0.414. The van der Waals surface area contributed by atoms with Crippen LogP contribution < -0.4 is 0 Å². The third kappa shape index (κ3) is 3.87. The van der Waals surface area contributed by atoms with Gasteiger partial charge in [-0.05, 0) is 11.1 Å². The fourth-order valence-electron chi connectivity index (χ4n) is 2.91. The third-order valence-electron chi connectivity index (χ3n) is 4.21. The lowest BCUT2D eigenvalue weighted by Gasteiger charge is -2.09. The number of aromatic nitrogens is 4. The molecule has 0 bridgehead atoms. The van der Waals surface area contributed by atoms with Crippen LogP contribution in [0.2, 0.25) is 0 Å². The molecule has 12 nitrogen and oxygen atoms in total. The molecule has 0 fully saturated rings. The summed E-state index contributed by atoms with van der Waals surface area (Å²) in [6.45, 7) is 0.105. The predicted molar refractivity (Wildman–Crippen MR) is 96.9 cm³/mol. The summed E-state index contributed by atoms with van der Waals surface area (Å²) in [6.07, 6.45) is 2.25. The molecule has 30 heavy (non-hydrogen) atoms. The summed E-state index contributed by atoms with van der Waals surface area (Å²) in [5.41, 5.74) is -0.726. The zero-order valence-corrected chi connectivity index (χ0v) is 15.1. The molecule has 2 heterocycles. The number of hydrogen-bond donors (Lipinski definition) is 4. The van der Waals surface area contributed by atoms with E-state index in [2.05, 4.69) is 9.97 Å². The van der Waals surface area contributed by atoms with Crippen molar-refractivity contribution in [2.75, 3.05) is 0 Å². The Morgan fingerprint density at radius 3 is 1.23 bits per heavy atom. The van der Waals surface area contributed by atoms with Crippen molar-refractivity contribution in [1.29, 1.82) is 0 Å². The second-order valence-electron chi connectivity index (χ2n) is 6.18. The smallest absolute Gasteiger partial charge is 0.357 e. The Bertz CT molecular complexity index is 1070. The molecule has 154 valence electrons. The summed E-state index contributed by atoms with van der Waals surface area (Å²) in [5.74, 6) is -5.73. The van der Waals surface area contributed by atoms with E-state index in [1.807, 2.05) is 0 Å². The van der Waals surface area contributed by atoms with Gasteiger partial charge in [0, 0.05) is 13.1 Å². The first-order valence-electron chi connectivity index (χ1n) is 8.30. The third-order valence-corrected chi connectivity index (χ3v) is 4.21. The van der Waals surface area contributed by atoms with Crippen LogP contribution in [0.3, 0.4) is 0 Å². The number of carboxylic acid groups (broad SMARTS) is 4. The minimum Gasteiger partial charge on any atom is -0.476 e. The summed E-state index contributed by atoms with van der Waals surface area (Å²) >= 11 is 0. The minimum absolute atomic E-state index is 0.0524. The number of rotatable bonds is 8. The highest BCUT2D eigenvalue weighted by Crippen LogP contribution is 2.15. The zero-order chi connectivity index (χ0) is 22.0. The monoisotopic (exact) mass is 414 g/mol. The second kappa shape index (κ2) is 7.87. The maximum Gasteiger partial charge on any atom is 0.357 e. The van der Waals surface area contributed by atoms with Crippen LogP contribution in [0.25, 0.3) is 0 Å². The molecule has 3 aromatic rings. The van der Waals surface area contributed by atoms with Crippen LogP contribution in [0.1, 0.15) is 53.1 Å². The summed E-state index contributed by atoms with van der Waals surface area (Å²) < 4.78 is 2.39. The molecule has 0 aliphatic heterocycles. The van der Waals surface area contributed by atoms with Crippen LogP contribution in [0.4, 0.5) is 0 Å². The standard InChI is InChI=1S/C18H14N4O8/c23-15(24)11-13(17(27)28)21(7-19-11)5-9-1-2-10(4-3-9)6-22-8-20-12(16(25)26)14(22)18(29)30/h1-4,7-8H,5-6H2,(H,23,24)(H,25,26)(H,27,28)(H,29,30). The molecule has 4 N–H and O–H groups in total. The number of carbonyl (C=O) groups is 4. The largest absolute Gasteiger partial charge is 0.476 e. The normalized spacial score (nSPS) is 10.7. The van der Waals surface area contributed by atoms with Crippen molar-refractivity contribution >= 4 is 23.9 Å². The molecule has 0 saturated carbocycles. The summed E-state index contributed by atoms with van der Waals surface area (Å²) in [4.78, 5) is 52.2. The molecule has 3 rings (SSSR count). The van der Waals surface area contributed by atoms with Crippen molar-refractivity contribution in [2.45, 2.75) is 13.1 Å². The Morgan fingerprint density at radius 1 is 0.633 bits per heavy atom. The van der Waals surface area contributed by atoms with Crippen molar-refractivity contribution in [3.8, 4) is 0 Å². The van der Waals surface area contributed by atoms with E-state index in [4.69, 9.17) is 10.2 Å². The van der Waals surface area contributed by atoms with Crippen molar-refractivity contribution in [3.63, 3.8) is 0 Å². The number of nitrogens with zero attached hydrogens (tertiary/aromatic N) is 4. The molecular formula is C18H14N4O8. The summed E-state index contributed by atoms with van der Waals surface area (Å²) in [5, 5.41) is 36.6. The molecule has 0 spiro atoms. The topological polar surface area (TPSA) is 185 Å². The summed E-state index contributed by atoms with van der Waals surface area (Å²) in [7, 11) is 0. The SMILES string of the molecule is O=C(O)c1ncn(Cc2ccc(Cn3cnc(C(=O)O)c3C(=O)O)cc2)c1C(=O)O. The van der Waals surface area contributed by atoms with Gasteiger partial charge in [-0.3, -0.25) is 0 Å². The van der Waals surface area contributed by atoms with Crippen molar-refractivity contribution < 1.29 is 39.6 Å². The Hall–Kier alpha value is -4.48. The van der Waals surface area contributed by atoms with E-state index in [0.717, 1.165) is 12.7 Å². The van der Waals surface area contributed by atoms with Crippen LogP contribution in [0.5, 0.6) is 0 Å². The molecular weight excluding hydrogens is 400 g/mol. The lowest BCUT2D eigenvalue weighted by Crippen LogP contribution is -2.14. The first kappa shape index (κ1) is 20.3. The van der Waals surface area contributed by atoms with E-state index < -0.39 is 46.7 Å². The molecule has 0 amide bonds. The van der Waals surface area contributed by atoms with Gasteiger partial charge >= 0.3 is 23.9 Å². The van der Waals surface area contributed by atoms with Gasteiger partial charge in [0.1, 0.15) is 0 Å². The first-order chi connectivity index (χ1) is 14.2. The minimum atomic E-state index is -1.45. The molecule has 0 unspecified atom stereocenters. The number of benzene rings is 1. The van der Waals surface area contributed by atoms with Gasteiger partial charge in [0.15, 0.2) is 22.8 Å². The van der Waals surface area contributed by atoms with Crippen LogP contribution in [-0.4, -0.2) is 63.4 Å². The van der Waals surface area contributed by atoms with Gasteiger partial charge in [-0.15, -0.1) is 0 Å². The van der Waals surface area contributed by atoms with Gasteiger partial charge < -0.3 is 29.6 Å².